The number of anilines is 1. The molecule has 0 aromatic heterocycles. The third-order valence-corrected chi connectivity index (χ3v) is 1.89. The molecule has 82 valence electrons. The van der Waals surface area contributed by atoms with Gasteiger partial charge in [-0.1, -0.05) is 6.07 Å². The van der Waals surface area contributed by atoms with Crippen LogP contribution in [0, 0.1) is 0 Å². The Morgan fingerprint density at radius 1 is 1.53 bits per heavy atom. The molecule has 0 spiro atoms. The van der Waals surface area contributed by atoms with Gasteiger partial charge in [0, 0.05) is 14.1 Å². The summed E-state index contributed by atoms with van der Waals surface area (Å²) in [5.74, 6) is 0.0905. The minimum Gasteiger partial charge on any atom is -0.506 e. The van der Waals surface area contributed by atoms with Crippen LogP contribution in [0.2, 0.25) is 0 Å². The van der Waals surface area contributed by atoms with Crippen LogP contribution in [0.1, 0.15) is 0 Å². The summed E-state index contributed by atoms with van der Waals surface area (Å²) in [4.78, 5) is 12.6. The summed E-state index contributed by atoms with van der Waals surface area (Å²) in [5.41, 5.74) is 5.69. The Hall–Kier alpha value is -1.91. The number of nitrogen functional groups attached to an aromatic ring is 1. The quantitative estimate of drug-likeness (QED) is 0.560. The van der Waals surface area contributed by atoms with E-state index in [9.17, 15) is 9.90 Å². The molecule has 0 bridgehead atoms. The molecule has 1 aromatic rings. The molecule has 1 amide bonds. The topological polar surface area (TPSA) is 75.8 Å². The number of ether oxygens (including phenoxy) is 1. The Bertz CT molecular complexity index is 364. The first-order valence-electron chi connectivity index (χ1n) is 4.42. The van der Waals surface area contributed by atoms with Crippen molar-refractivity contribution in [2.45, 2.75) is 0 Å². The number of phenols is 1. The number of nitrogens with zero attached hydrogens (tertiary/aromatic N) is 1. The number of para-hydroxylation sites is 1. The molecular weight excluding hydrogens is 196 g/mol. The molecule has 5 nitrogen and oxygen atoms in total. The molecule has 0 heterocycles. The smallest absolute Gasteiger partial charge is 0.259 e. The summed E-state index contributed by atoms with van der Waals surface area (Å²) >= 11 is 0. The van der Waals surface area contributed by atoms with Crippen LogP contribution in [0.4, 0.5) is 5.69 Å². The average molecular weight is 210 g/mol. The molecule has 0 aliphatic rings. The highest BCUT2D eigenvalue weighted by Gasteiger charge is 2.08. The molecule has 0 atom stereocenters. The Balaban J connectivity index is 2.66. The normalized spacial score (nSPS) is 9.73. The lowest BCUT2D eigenvalue weighted by atomic mass is 10.3. The zero-order valence-corrected chi connectivity index (χ0v) is 8.73. The van der Waals surface area contributed by atoms with Crippen LogP contribution in [0.25, 0.3) is 0 Å². The van der Waals surface area contributed by atoms with Gasteiger partial charge in [0.1, 0.15) is 17.2 Å². The molecule has 0 saturated heterocycles. The highest BCUT2D eigenvalue weighted by atomic mass is 16.5. The lowest BCUT2D eigenvalue weighted by Crippen LogP contribution is -2.27. The van der Waals surface area contributed by atoms with Gasteiger partial charge in [0.2, 0.25) is 0 Å². The van der Waals surface area contributed by atoms with Gasteiger partial charge >= 0.3 is 0 Å². The van der Waals surface area contributed by atoms with Crippen molar-refractivity contribution < 1.29 is 14.6 Å². The molecule has 3 N–H and O–H groups in total. The Labute approximate surface area is 88.1 Å². The van der Waals surface area contributed by atoms with Crippen LogP contribution in [0.5, 0.6) is 11.5 Å². The minimum absolute atomic E-state index is 0.0511. The van der Waals surface area contributed by atoms with Crippen LogP contribution >= 0.6 is 0 Å². The van der Waals surface area contributed by atoms with E-state index in [2.05, 4.69) is 0 Å². The number of hydrogen-bond acceptors (Lipinski definition) is 4. The van der Waals surface area contributed by atoms with Gasteiger partial charge in [-0.25, -0.2) is 0 Å². The van der Waals surface area contributed by atoms with Crippen LogP contribution < -0.4 is 10.5 Å². The van der Waals surface area contributed by atoms with Gasteiger partial charge in [-0.3, -0.25) is 4.79 Å². The van der Waals surface area contributed by atoms with Gasteiger partial charge in [0.05, 0.1) is 0 Å². The maximum absolute atomic E-state index is 11.2. The van der Waals surface area contributed by atoms with Gasteiger partial charge in [-0.15, -0.1) is 0 Å². The first-order valence-corrected chi connectivity index (χ1v) is 4.42. The second-order valence-electron chi connectivity index (χ2n) is 3.27. The highest BCUT2D eigenvalue weighted by Crippen LogP contribution is 2.29. The van der Waals surface area contributed by atoms with Crippen LogP contribution in [-0.2, 0) is 4.79 Å². The van der Waals surface area contributed by atoms with Gasteiger partial charge in [0.15, 0.2) is 6.61 Å². The lowest BCUT2D eigenvalue weighted by Gasteiger charge is -2.12. The summed E-state index contributed by atoms with van der Waals surface area (Å²) in [6.45, 7) is -0.0966. The van der Waals surface area contributed by atoms with Crippen molar-refractivity contribution in [3.05, 3.63) is 18.2 Å². The molecule has 15 heavy (non-hydrogen) atoms. The van der Waals surface area contributed by atoms with E-state index in [0.29, 0.717) is 5.75 Å². The monoisotopic (exact) mass is 210 g/mol. The number of benzene rings is 1. The highest BCUT2D eigenvalue weighted by molar-refractivity contribution is 5.77. The molecule has 1 rings (SSSR count). The SMILES string of the molecule is CN(C)C(=O)COc1cccc(O)c1N. The van der Waals surface area contributed by atoms with Crippen LogP contribution in [0.3, 0.4) is 0 Å². The van der Waals surface area contributed by atoms with E-state index in [0.717, 1.165) is 0 Å². The lowest BCUT2D eigenvalue weighted by molar-refractivity contribution is -0.130. The summed E-state index contributed by atoms with van der Waals surface area (Å²) in [5, 5.41) is 9.27. The second kappa shape index (κ2) is 4.54. The Morgan fingerprint density at radius 2 is 2.20 bits per heavy atom. The van der Waals surface area contributed by atoms with Crippen LogP contribution in [-0.4, -0.2) is 36.6 Å². The van der Waals surface area contributed by atoms with Crippen LogP contribution in [0.15, 0.2) is 18.2 Å². The zero-order valence-electron chi connectivity index (χ0n) is 8.73. The molecule has 0 aliphatic heterocycles. The fourth-order valence-corrected chi connectivity index (χ4v) is 0.927. The number of likely N-dealkylation sites (N-methyl/N-ethyl adjacent to an activating group) is 1. The summed E-state index contributed by atoms with van der Waals surface area (Å²) < 4.78 is 5.16. The number of phenolic OH excluding ortho intramolecular Hbond substituents is 1. The predicted molar refractivity (Wildman–Crippen MR) is 56.7 cm³/mol. The van der Waals surface area contributed by atoms with Crippen molar-refractivity contribution in [3.63, 3.8) is 0 Å². The maximum atomic E-state index is 11.2. The number of rotatable bonds is 3. The number of aromatic hydroxyl groups is 1. The zero-order chi connectivity index (χ0) is 11.4. The predicted octanol–water partition coefficient (Wildman–Crippen LogP) is 0.441. The van der Waals surface area contributed by atoms with E-state index in [4.69, 9.17) is 10.5 Å². The summed E-state index contributed by atoms with van der Waals surface area (Å²) in [6.07, 6.45) is 0. The average Bonchev–Trinajstić information content (AvgIpc) is 2.19. The number of hydrogen-bond donors (Lipinski definition) is 2. The minimum atomic E-state index is -0.169. The molecular formula is C10H14N2O3. The standard InChI is InChI=1S/C10H14N2O3/c1-12(2)9(14)6-15-8-5-3-4-7(13)10(8)11/h3-5,13H,6,11H2,1-2H3. The van der Waals surface area contributed by atoms with Crippen molar-refractivity contribution in [2.24, 2.45) is 0 Å². The maximum Gasteiger partial charge on any atom is 0.259 e. The van der Waals surface area contributed by atoms with E-state index in [-0.39, 0.29) is 24.0 Å². The van der Waals surface area contributed by atoms with Crippen molar-refractivity contribution in [1.29, 1.82) is 0 Å². The molecule has 0 unspecified atom stereocenters. The molecule has 0 fully saturated rings. The van der Waals surface area contributed by atoms with Gasteiger partial charge in [-0.2, -0.15) is 0 Å². The van der Waals surface area contributed by atoms with Crippen molar-refractivity contribution >= 4 is 11.6 Å². The van der Waals surface area contributed by atoms with Crippen molar-refractivity contribution in [2.75, 3.05) is 26.4 Å². The Kier molecular flexibility index (Phi) is 3.38. The first kappa shape index (κ1) is 11.2. The number of carbonyl (C=O) groups is 1. The van der Waals surface area contributed by atoms with E-state index < -0.39 is 0 Å². The number of carbonyl (C=O) groups excluding carboxylic acids is 1. The summed E-state index contributed by atoms with van der Waals surface area (Å²) in [7, 11) is 3.27. The second-order valence-corrected chi connectivity index (χ2v) is 3.27. The third-order valence-electron chi connectivity index (χ3n) is 1.89. The molecule has 0 radical (unpaired) electrons. The van der Waals surface area contributed by atoms with Gasteiger partial charge < -0.3 is 20.5 Å². The van der Waals surface area contributed by atoms with Gasteiger partial charge in [0.25, 0.3) is 5.91 Å². The molecule has 0 aliphatic carbocycles. The van der Waals surface area contributed by atoms with E-state index in [1.165, 1.54) is 11.0 Å². The third kappa shape index (κ3) is 2.77. The number of nitrogens with two attached hydrogens (primary N) is 1. The first-order chi connectivity index (χ1) is 7.02. The molecule has 5 heteroatoms. The van der Waals surface area contributed by atoms with E-state index >= 15 is 0 Å². The molecule has 0 saturated carbocycles. The van der Waals surface area contributed by atoms with E-state index in [1.807, 2.05) is 0 Å². The Morgan fingerprint density at radius 3 is 2.80 bits per heavy atom. The van der Waals surface area contributed by atoms with E-state index in [1.54, 1.807) is 26.2 Å². The van der Waals surface area contributed by atoms with Crippen molar-refractivity contribution in [3.8, 4) is 11.5 Å². The fourth-order valence-electron chi connectivity index (χ4n) is 0.927. The summed E-state index contributed by atoms with van der Waals surface area (Å²) in [6, 6.07) is 4.65. The number of amides is 1. The largest absolute Gasteiger partial charge is 0.506 e. The fraction of sp³-hybridized carbons (Fsp3) is 0.300. The van der Waals surface area contributed by atoms with Crippen molar-refractivity contribution in [1.82, 2.24) is 4.90 Å². The van der Waals surface area contributed by atoms with Gasteiger partial charge in [-0.05, 0) is 12.1 Å². The molecule has 1 aromatic carbocycles.